The van der Waals surface area contributed by atoms with Gasteiger partial charge in [-0.2, -0.15) is 0 Å². The summed E-state index contributed by atoms with van der Waals surface area (Å²) in [6, 6.07) is 5.49. The molecular weight excluding hydrogens is 380 g/mol. The maximum atomic E-state index is 15.2. The van der Waals surface area contributed by atoms with Gasteiger partial charge in [-0.15, -0.1) is 0 Å². The highest BCUT2D eigenvalue weighted by Crippen LogP contribution is 2.29. The first-order chi connectivity index (χ1) is 14.0. The molecule has 0 radical (unpaired) electrons. The predicted octanol–water partition coefficient (Wildman–Crippen LogP) is 2.10. The molecule has 1 saturated heterocycles. The predicted molar refractivity (Wildman–Crippen MR) is 105 cm³/mol. The van der Waals surface area contributed by atoms with Crippen LogP contribution in [-0.2, 0) is 4.79 Å². The van der Waals surface area contributed by atoms with Crippen molar-refractivity contribution in [1.29, 1.82) is 0 Å². The molecule has 0 spiro atoms. The summed E-state index contributed by atoms with van der Waals surface area (Å²) in [6.07, 6.45) is 2.46. The average molecular weight is 397 g/mol. The number of rotatable bonds is 3. The van der Waals surface area contributed by atoms with Gasteiger partial charge in [-0.1, -0.05) is 24.8 Å². The first-order valence-corrected chi connectivity index (χ1v) is 8.99. The lowest BCUT2D eigenvalue weighted by atomic mass is 10.1. The number of benzene rings is 1. The second-order valence-electron chi connectivity index (χ2n) is 6.56. The molecule has 0 atom stereocenters. The Balaban J connectivity index is 1.77. The van der Waals surface area contributed by atoms with E-state index in [1.165, 1.54) is 30.6 Å². The van der Waals surface area contributed by atoms with E-state index in [0.717, 1.165) is 6.07 Å². The third kappa shape index (κ3) is 3.24. The molecule has 1 N–H and O–H groups in total. The summed E-state index contributed by atoms with van der Waals surface area (Å²) in [4.78, 5) is 38.6. The lowest BCUT2D eigenvalue weighted by Crippen LogP contribution is -2.48. The fraction of sp³-hybridized carbons (Fsp3) is 0.200. The average Bonchev–Trinajstić information content (AvgIpc) is 2.74. The molecule has 1 aromatic carbocycles. The van der Waals surface area contributed by atoms with Crippen molar-refractivity contribution in [2.45, 2.75) is 0 Å². The number of piperazine rings is 1. The highest BCUT2D eigenvalue weighted by atomic mass is 19.1. The van der Waals surface area contributed by atoms with Crippen LogP contribution in [0, 0.1) is 11.6 Å². The second-order valence-corrected chi connectivity index (χ2v) is 6.56. The van der Waals surface area contributed by atoms with Gasteiger partial charge in [-0.3, -0.25) is 9.59 Å². The highest BCUT2D eigenvalue weighted by Gasteiger charge is 2.25. The molecule has 2 aromatic heterocycles. The van der Waals surface area contributed by atoms with Gasteiger partial charge < -0.3 is 14.8 Å². The number of H-pyrrole nitrogens is 1. The topological polar surface area (TPSA) is 82.2 Å². The number of nitrogens with zero attached hydrogens (tertiary/aromatic N) is 4. The standard InChI is InChI=1S/C20H17F2N5O2/c1-2-14(28)26-7-9-27(10-8-26)19-18-17(23-11-24-19)16(22)15(20(29)25-18)12-5-3-4-6-13(12)21/h2-6,11H,1,7-10H2,(H,25,29). The smallest absolute Gasteiger partial charge is 0.259 e. The molecule has 9 heteroatoms. The van der Waals surface area contributed by atoms with Crippen LogP contribution in [0.15, 0.2) is 48.0 Å². The first kappa shape index (κ1) is 18.7. The van der Waals surface area contributed by atoms with Gasteiger partial charge in [-0.25, -0.2) is 18.7 Å². The number of hydrogen-bond donors (Lipinski definition) is 1. The number of hydrogen-bond acceptors (Lipinski definition) is 5. The Hall–Kier alpha value is -3.62. The van der Waals surface area contributed by atoms with Crippen molar-refractivity contribution in [1.82, 2.24) is 19.9 Å². The summed E-state index contributed by atoms with van der Waals surface area (Å²) in [5, 5.41) is 0. The monoisotopic (exact) mass is 397 g/mol. The molecule has 1 aliphatic heterocycles. The molecule has 29 heavy (non-hydrogen) atoms. The van der Waals surface area contributed by atoms with Crippen LogP contribution < -0.4 is 10.5 Å². The summed E-state index contributed by atoms with van der Waals surface area (Å²) < 4.78 is 29.3. The van der Waals surface area contributed by atoms with Crippen LogP contribution in [-0.4, -0.2) is 51.9 Å². The van der Waals surface area contributed by atoms with Crippen LogP contribution in [0.3, 0.4) is 0 Å². The number of pyridine rings is 1. The lowest BCUT2D eigenvalue weighted by molar-refractivity contribution is -0.126. The van der Waals surface area contributed by atoms with Gasteiger partial charge in [0, 0.05) is 31.7 Å². The van der Waals surface area contributed by atoms with Crippen molar-refractivity contribution < 1.29 is 13.6 Å². The van der Waals surface area contributed by atoms with Crippen LogP contribution in [0.5, 0.6) is 0 Å². The molecule has 4 rings (SSSR count). The summed E-state index contributed by atoms with van der Waals surface area (Å²) in [7, 11) is 0. The first-order valence-electron chi connectivity index (χ1n) is 8.99. The Morgan fingerprint density at radius 1 is 1.14 bits per heavy atom. The Morgan fingerprint density at radius 2 is 1.86 bits per heavy atom. The SMILES string of the molecule is C=CC(=O)N1CCN(c2ncnc3c(F)c(-c4ccccc4F)c(=O)[nH]c23)CC1. The van der Waals surface area contributed by atoms with Crippen molar-refractivity contribution in [2.75, 3.05) is 31.1 Å². The zero-order chi connectivity index (χ0) is 20.5. The van der Waals surface area contributed by atoms with Crippen molar-refractivity contribution in [3.8, 4) is 11.1 Å². The van der Waals surface area contributed by atoms with E-state index in [-0.39, 0.29) is 22.5 Å². The van der Waals surface area contributed by atoms with E-state index in [0.29, 0.717) is 32.0 Å². The van der Waals surface area contributed by atoms with E-state index in [1.807, 2.05) is 4.90 Å². The number of anilines is 1. The van der Waals surface area contributed by atoms with Crippen LogP contribution in [0.4, 0.5) is 14.6 Å². The number of aromatic nitrogens is 3. The van der Waals surface area contributed by atoms with Crippen LogP contribution in [0.25, 0.3) is 22.2 Å². The number of fused-ring (bicyclic) bond motifs is 1. The summed E-state index contributed by atoms with van der Waals surface area (Å²) in [5.74, 6) is -1.41. The minimum Gasteiger partial charge on any atom is -0.351 e. The Labute approximate surface area is 164 Å². The van der Waals surface area contributed by atoms with E-state index >= 15 is 4.39 Å². The Bertz CT molecular complexity index is 1170. The minimum atomic E-state index is -0.905. The lowest BCUT2D eigenvalue weighted by Gasteiger charge is -2.35. The second kappa shape index (κ2) is 7.42. The molecule has 0 saturated carbocycles. The molecule has 3 heterocycles. The van der Waals surface area contributed by atoms with Gasteiger partial charge >= 0.3 is 0 Å². The van der Waals surface area contributed by atoms with Crippen molar-refractivity contribution in [3.05, 3.63) is 65.2 Å². The van der Waals surface area contributed by atoms with Gasteiger partial charge in [0.15, 0.2) is 11.6 Å². The molecule has 1 amide bonds. The third-order valence-electron chi connectivity index (χ3n) is 4.93. The number of carbonyl (C=O) groups excluding carboxylic acids is 1. The van der Waals surface area contributed by atoms with Gasteiger partial charge in [0.05, 0.1) is 5.56 Å². The zero-order valence-corrected chi connectivity index (χ0v) is 15.4. The van der Waals surface area contributed by atoms with Crippen LogP contribution in [0.1, 0.15) is 0 Å². The maximum absolute atomic E-state index is 15.2. The molecular formula is C20H17F2N5O2. The van der Waals surface area contributed by atoms with E-state index in [9.17, 15) is 14.0 Å². The van der Waals surface area contributed by atoms with Gasteiger partial charge in [0.1, 0.15) is 23.2 Å². The summed E-state index contributed by atoms with van der Waals surface area (Å²) >= 11 is 0. The highest BCUT2D eigenvalue weighted by molar-refractivity contribution is 5.90. The number of aromatic amines is 1. The van der Waals surface area contributed by atoms with E-state index < -0.39 is 22.8 Å². The minimum absolute atomic E-state index is 0.0996. The largest absolute Gasteiger partial charge is 0.351 e. The van der Waals surface area contributed by atoms with Crippen molar-refractivity contribution in [2.24, 2.45) is 0 Å². The van der Waals surface area contributed by atoms with Gasteiger partial charge in [0.2, 0.25) is 5.91 Å². The van der Waals surface area contributed by atoms with Crippen molar-refractivity contribution >= 4 is 22.8 Å². The van der Waals surface area contributed by atoms with Crippen LogP contribution >= 0.6 is 0 Å². The molecule has 0 aliphatic carbocycles. The molecule has 1 aliphatic rings. The molecule has 0 unspecified atom stereocenters. The normalized spacial score (nSPS) is 14.3. The van der Waals surface area contributed by atoms with Gasteiger partial charge in [-0.05, 0) is 12.1 Å². The molecule has 0 bridgehead atoms. The van der Waals surface area contributed by atoms with Crippen molar-refractivity contribution in [3.63, 3.8) is 0 Å². The Kier molecular flexibility index (Phi) is 4.79. The van der Waals surface area contributed by atoms with E-state index in [2.05, 4.69) is 21.5 Å². The third-order valence-corrected chi connectivity index (χ3v) is 4.93. The molecule has 3 aromatic rings. The van der Waals surface area contributed by atoms with Crippen LogP contribution in [0.2, 0.25) is 0 Å². The number of carbonyl (C=O) groups is 1. The fourth-order valence-corrected chi connectivity index (χ4v) is 3.46. The summed E-state index contributed by atoms with van der Waals surface area (Å²) in [6.45, 7) is 5.26. The number of halogens is 2. The maximum Gasteiger partial charge on any atom is 0.259 e. The zero-order valence-electron chi connectivity index (χ0n) is 15.4. The fourth-order valence-electron chi connectivity index (χ4n) is 3.46. The number of amides is 1. The number of nitrogens with one attached hydrogen (secondary N) is 1. The molecule has 148 valence electrons. The Morgan fingerprint density at radius 3 is 2.55 bits per heavy atom. The van der Waals surface area contributed by atoms with Gasteiger partial charge in [0.25, 0.3) is 5.56 Å². The van der Waals surface area contributed by atoms with E-state index in [4.69, 9.17) is 0 Å². The summed E-state index contributed by atoms with van der Waals surface area (Å²) in [5.41, 5.74) is -1.26. The van der Waals surface area contributed by atoms with E-state index in [1.54, 1.807) is 4.90 Å². The molecule has 7 nitrogen and oxygen atoms in total. The quantitative estimate of drug-likeness (QED) is 0.685. The molecule has 1 fully saturated rings.